The van der Waals surface area contributed by atoms with E-state index in [1.54, 1.807) is 21.3 Å². The van der Waals surface area contributed by atoms with Crippen LogP contribution in [0.1, 0.15) is 56.0 Å². The summed E-state index contributed by atoms with van der Waals surface area (Å²) in [5.41, 5.74) is 4.51. The highest BCUT2D eigenvalue weighted by molar-refractivity contribution is 5.58. The molecule has 158 valence electrons. The van der Waals surface area contributed by atoms with Gasteiger partial charge in [-0.25, -0.2) is 0 Å². The zero-order chi connectivity index (χ0) is 21.2. The Bertz CT molecular complexity index is 870. The van der Waals surface area contributed by atoms with Crippen molar-refractivity contribution in [2.24, 2.45) is 0 Å². The van der Waals surface area contributed by atoms with Crippen LogP contribution in [0.25, 0.3) is 0 Å². The lowest BCUT2D eigenvalue weighted by Gasteiger charge is -2.32. The molecule has 1 unspecified atom stereocenters. The monoisotopic (exact) mass is 399 g/mol. The molecule has 0 bridgehead atoms. The van der Waals surface area contributed by atoms with Crippen molar-refractivity contribution in [1.29, 1.82) is 0 Å². The minimum atomic E-state index is -0.0510. The summed E-state index contributed by atoms with van der Waals surface area (Å²) >= 11 is 0. The first-order valence-electron chi connectivity index (χ1n) is 10.2. The summed E-state index contributed by atoms with van der Waals surface area (Å²) in [7, 11) is 5.13. The molecule has 0 spiro atoms. The molecule has 5 heteroatoms. The summed E-state index contributed by atoms with van der Waals surface area (Å²) < 4.78 is 23.1. The van der Waals surface area contributed by atoms with Crippen molar-refractivity contribution >= 4 is 0 Å². The Hall–Kier alpha value is -2.40. The number of rotatable bonds is 6. The van der Waals surface area contributed by atoms with Crippen LogP contribution in [0.2, 0.25) is 0 Å². The molecule has 0 saturated heterocycles. The van der Waals surface area contributed by atoms with Crippen LogP contribution in [0.4, 0.5) is 0 Å². The Morgan fingerprint density at radius 2 is 1.62 bits per heavy atom. The van der Waals surface area contributed by atoms with Crippen LogP contribution in [0.5, 0.6) is 23.0 Å². The van der Waals surface area contributed by atoms with Crippen molar-refractivity contribution in [3.05, 3.63) is 46.5 Å². The van der Waals surface area contributed by atoms with Crippen molar-refractivity contribution in [3.63, 3.8) is 0 Å². The molecular formula is C24H33NO4. The lowest BCUT2D eigenvalue weighted by atomic mass is 9.83. The highest BCUT2D eigenvalue weighted by Gasteiger charge is 2.30. The first-order valence-corrected chi connectivity index (χ1v) is 10.2. The van der Waals surface area contributed by atoms with E-state index in [9.17, 15) is 0 Å². The largest absolute Gasteiger partial charge is 0.496 e. The van der Waals surface area contributed by atoms with Gasteiger partial charge >= 0.3 is 0 Å². The Balaban J connectivity index is 2.17. The van der Waals surface area contributed by atoms with Crippen molar-refractivity contribution in [1.82, 2.24) is 5.32 Å². The molecule has 0 aromatic heterocycles. The third kappa shape index (κ3) is 4.01. The second-order valence-corrected chi connectivity index (χ2v) is 8.28. The van der Waals surface area contributed by atoms with E-state index in [4.69, 9.17) is 18.9 Å². The molecule has 5 nitrogen and oxygen atoms in total. The first-order chi connectivity index (χ1) is 13.8. The normalized spacial score (nSPS) is 16.2. The second kappa shape index (κ2) is 8.54. The predicted octanol–water partition coefficient (Wildman–Crippen LogP) is 4.64. The smallest absolute Gasteiger partial charge is 0.164 e. The quantitative estimate of drug-likeness (QED) is 0.767. The summed E-state index contributed by atoms with van der Waals surface area (Å²) in [6.45, 7) is 9.98. The van der Waals surface area contributed by atoms with Gasteiger partial charge in [0.05, 0.1) is 34.0 Å². The van der Waals surface area contributed by atoms with E-state index in [0.717, 1.165) is 47.1 Å². The van der Waals surface area contributed by atoms with Crippen molar-refractivity contribution in [2.45, 2.75) is 45.6 Å². The summed E-state index contributed by atoms with van der Waals surface area (Å²) in [5, 5.41) is 3.65. The van der Waals surface area contributed by atoms with E-state index in [1.165, 1.54) is 11.1 Å². The minimum Gasteiger partial charge on any atom is -0.496 e. The van der Waals surface area contributed by atoms with Crippen molar-refractivity contribution < 1.29 is 18.9 Å². The lowest BCUT2D eigenvalue weighted by Crippen LogP contribution is -2.31. The molecule has 0 radical (unpaired) electrons. The SMILES string of the molecule is CCOc1c(OC)ccc2c1CCNC2c1cc(OC)c(C(C)(C)C)cc1OC. The maximum atomic E-state index is 5.97. The second-order valence-electron chi connectivity index (χ2n) is 8.28. The average molecular weight is 400 g/mol. The topological polar surface area (TPSA) is 49.0 Å². The van der Waals surface area contributed by atoms with Crippen LogP contribution in [0, 0.1) is 0 Å². The maximum Gasteiger partial charge on any atom is 0.164 e. The molecular weight excluding hydrogens is 366 g/mol. The van der Waals surface area contributed by atoms with E-state index in [-0.39, 0.29) is 11.5 Å². The van der Waals surface area contributed by atoms with Gasteiger partial charge in [0.15, 0.2) is 11.5 Å². The van der Waals surface area contributed by atoms with Crippen LogP contribution in [-0.2, 0) is 11.8 Å². The third-order valence-corrected chi connectivity index (χ3v) is 5.47. The Morgan fingerprint density at radius 1 is 0.931 bits per heavy atom. The molecule has 0 aliphatic carbocycles. The third-order valence-electron chi connectivity index (χ3n) is 5.47. The molecule has 1 aliphatic heterocycles. The minimum absolute atomic E-state index is 0.0123. The van der Waals surface area contributed by atoms with Gasteiger partial charge in [-0.1, -0.05) is 26.8 Å². The molecule has 0 amide bonds. The molecule has 29 heavy (non-hydrogen) atoms. The fourth-order valence-electron chi connectivity index (χ4n) is 4.08. The summed E-state index contributed by atoms with van der Waals surface area (Å²) in [6, 6.07) is 8.31. The standard InChI is InChI=1S/C24H33NO4/c1-8-29-23-16-11-12-25-22(15(16)9-10-19(23)26-5)17-13-21(28-7)18(24(2,3)4)14-20(17)27-6/h9-10,13-14,22,25H,8,11-12H2,1-7H3. The molecule has 1 atom stereocenters. The number of methoxy groups -OCH3 is 3. The average Bonchev–Trinajstić information content (AvgIpc) is 2.72. The highest BCUT2D eigenvalue weighted by atomic mass is 16.5. The van der Waals surface area contributed by atoms with Gasteiger partial charge in [-0.3, -0.25) is 0 Å². The first kappa shape index (κ1) is 21.3. The Labute approximate surface area is 174 Å². The van der Waals surface area contributed by atoms with Gasteiger partial charge in [-0.05, 0) is 42.5 Å². The Morgan fingerprint density at radius 3 is 2.21 bits per heavy atom. The van der Waals surface area contributed by atoms with Crippen molar-refractivity contribution in [2.75, 3.05) is 34.5 Å². The molecule has 2 aromatic carbocycles. The molecule has 0 saturated carbocycles. The van der Waals surface area contributed by atoms with E-state index >= 15 is 0 Å². The fraction of sp³-hybridized carbons (Fsp3) is 0.500. The lowest BCUT2D eigenvalue weighted by molar-refractivity contribution is 0.305. The molecule has 1 aliphatic rings. The maximum absolute atomic E-state index is 5.97. The van der Waals surface area contributed by atoms with E-state index < -0.39 is 0 Å². The number of ether oxygens (including phenoxy) is 4. The summed E-state index contributed by atoms with van der Waals surface area (Å²) in [5.74, 6) is 3.35. The van der Waals surface area contributed by atoms with Gasteiger partial charge in [0.1, 0.15) is 11.5 Å². The number of fused-ring (bicyclic) bond motifs is 1. The number of benzene rings is 2. The van der Waals surface area contributed by atoms with Gasteiger partial charge in [0.2, 0.25) is 0 Å². The molecule has 3 rings (SSSR count). The van der Waals surface area contributed by atoms with Gasteiger partial charge < -0.3 is 24.3 Å². The van der Waals surface area contributed by atoms with E-state index in [0.29, 0.717) is 6.61 Å². The highest BCUT2D eigenvalue weighted by Crippen LogP contribution is 2.44. The summed E-state index contributed by atoms with van der Waals surface area (Å²) in [4.78, 5) is 0. The molecule has 1 heterocycles. The van der Waals surface area contributed by atoms with E-state index in [1.807, 2.05) is 13.0 Å². The number of nitrogens with one attached hydrogen (secondary N) is 1. The molecule has 1 N–H and O–H groups in total. The van der Waals surface area contributed by atoms with Crippen LogP contribution in [0.3, 0.4) is 0 Å². The van der Waals surface area contributed by atoms with E-state index in [2.05, 4.69) is 44.3 Å². The van der Waals surface area contributed by atoms with Gasteiger partial charge in [-0.15, -0.1) is 0 Å². The zero-order valence-electron chi connectivity index (χ0n) is 18.6. The van der Waals surface area contributed by atoms with Crippen LogP contribution >= 0.6 is 0 Å². The zero-order valence-corrected chi connectivity index (χ0v) is 18.6. The number of hydrogen-bond acceptors (Lipinski definition) is 5. The fourth-order valence-corrected chi connectivity index (χ4v) is 4.08. The van der Waals surface area contributed by atoms with Crippen molar-refractivity contribution in [3.8, 4) is 23.0 Å². The molecule has 2 aromatic rings. The van der Waals surface area contributed by atoms with Gasteiger partial charge in [-0.2, -0.15) is 0 Å². The Kier molecular flexibility index (Phi) is 6.27. The van der Waals surface area contributed by atoms with Crippen LogP contribution < -0.4 is 24.3 Å². The predicted molar refractivity (Wildman–Crippen MR) is 116 cm³/mol. The summed E-state index contributed by atoms with van der Waals surface area (Å²) in [6.07, 6.45) is 0.887. The van der Waals surface area contributed by atoms with Crippen LogP contribution in [-0.4, -0.2) is 34.5 Å². The van der Waals surface area contributed by atoms with Gasteiger partial charge in [0.25, 0.3) is 0 Å². The molecule has 0 fully saturated rings. The number of hydrogen-bond donors (Lipinski definition) is 1. The van der Waals surface area contributed by atoms with Gasteiger partial charge in [0, 0.05) is 23.2 Å². The van der Waals surface area contributed by atoms with Crippen LogP contribution in [0.15, 0.2) is 24.3 Å².